The minimum Gasteiger partial charge on any atom is -0.399 e. The normalized spacial score (nSPS) is 9.00. The van der Waals surface area contributed by atoms with E-state index >= 15 is 0 Å². The Labute approximate surface area is 102 Å². The van der Waals surface area contributed by atoms with Crippen molar-refractivity contribution in [2.24, 2.45) is 0 Å². The molecule has 3 nitrogen and oxygen atoms in total. The number of anilines is 2. The zero-order chi connectivity index (χ0) is 12.3. The number of aliphatic hydroxyl groups excluding tert-OH is 1. The molecule has 0 heterocycles. The van der Waals surface area contributed by atoms with Crippen molar-refractivity contribution in [3.8, 4) is 0 Å². The van der Waals surface area contributed by atoms with Crippen LogP contribution in [-0.2, 0) is 0 Å². The molecule has 2 rings (SSSR count). The summed E-state index contributed by atoms with van der Waals surface area (Å²) in [4.78, 5) is 0. The molecule has 0 fully saturated rings. The van der Waals surface area contributed by atoms with Gasteiger partial charge in [-0.1, -0.05) is 36.4 Å². The Morgan fingerprint density at radius 2 is 1.41 bits per heavy atom. The van der Waals surface area contributed by atoms with Crippen molar-refractivity contribution < 1.29 is 5.11 Å². The third-order valence-electron chi connectivity index (χ3n) is 2.01. The number of benzene rings is 2. The molecule has 0 amide bonds. The van der Waals surface area contributed by atoms with Crippen molar-refractivity contribution in [1.82, 2.24) is 0 Å². The number of hydrogen-bond donors (Lipinski definition) is 3. The maximum absolute atomic E-state index is 8.47. The van der Waals surface area contributed by atoms with Crippen molar-refractivity contribution in [2.75, 3.05) is 24.2 Å². The van der Waals surface area contributed by atoms with E-state index in [1.807, 2.05) is 60.7 Å². The average Bonchev–Trinajstić information content (AvgIpc) is 2.39. The highest BCUT2D eigenvalue weighted by molar-refractivity contribution is 5.42. The van der Waals surface area contributed by atoms with Gasteiger partial charge in [0.15, 0.2) is 0 Å². The van der Waals surface area contributed by atoms with Crippen LogP contribution in [0.2, 0.25) is 0 Å². The molecular weight excluding hydrogens is 212 g/mol. The molecule has 0 aliphatic heterocycles. The van der Waals surface area contributed by atoms with Gasteiger partial charge in [0.1, 0.15) is 0 Å². The molecule has 0 aromatic heterocycles. The molecule has 0 saturated carbocycles. The summed E-state index contributed by atoms with van der Waals surface area (Å²) in [7, 11) is 0. The second-order valence-electron chi connectivity index (χ2n) is 3.43. The highest BCUT2D eigenvalue weighted by Gasteiger charge is 1.84. The second-order valence-corrected chi connectivity index (χ2v) is 3.43. The SMILES string of the molecule is Nc1ccccc1.OCCNc1ccccc1. The molecule has 0 atom stereocenters. The lowest BCUT2D eigenvalue weighted by molar-refractivity contribution is 0.311. The maximum atomic E-state index is 8.47. The standard InChI is InChI=1S/C8H11NO.C6H7N/c10-7-6-9-8-4-2-1-3-5-8;7-6-4-2-1-3-5-6/h1-5,9-10H,6-7H2;1-5H,7H2. The van der Waals surface area contributed by atoms with E-state index in [-0.39, 0.29) is 6.61 Å². The van der Waals surface area contributed by atoms with Crippen LogP contribution >= 0.6 is 0 Å². The lowest BCUT2D eigenvalue weighted by Crippen LogP contribution is -2.04. The number of nitrogens with two attached hydrogens (primary N) is 1. The summed E-state index contributed by atoms with van der Waals surface area (Å²) >= 11 is 0. The van der Waals surface area contributed by atoms with Crippen LogP contribution in [0.4, 0.5) is 11.4 Å². The topological polar surface area (TPSA) is 58.3 Å². The van der Waals surface area contributed by atoms with Crippen LogP contribution in [0.5, 0.6) is 0 Å². The average molecular weight is 230 g/mol. The molecule has 0 spiro atoms. The number of para-hydroxylation sites is 2. The van der Waals surface area contributed by atoms with Crippen molar-refractivity contribution >= 4 is 11.4 Å². The van der Waals surface area contributed by atoms with E-state index in [9.17, 15) is 0 Å². The van der Waals surface area contributed by atoms with E-state index < -0.39 is 0 Å². The minimum atomic E-state index is 0.175. The number of rotatable bonds is 3. The van der Waals surface area contributed by atoms with E-state index in [1.54, 1.807) is 0 Å². The third-order valence-corrected chi connectivity index (χ3v) is 2.01. The van der Waals surface area contributed by atoms with Gasteiger partial charge in [0.2, 0.25) is 0 Å². The monoisotopic (exact) mass is 230 g/mol. The van der Waals surface area contributed by atoms with E-state index in [4.69, 9.17) is 10.8 Å². The van der Waals surface area contributed by atoms with Gasteiger partial charge in [-0.05, 0) is 24.3 Å². The van der Waals surface area contributed by atoms with Crippen LogP contribution in [0.3, 0.4) is 0 Å². The van der Waals surface area contributed by atoms with Crippen molar-refractivity contribution in [3.63, 3.8) is 0 Å². The molecule has 0 unspecified atom stereocenters. The quantitative estimate of drug-likeness (QED) is 0.709. The zero-order valence-corrected chi connectivity index (χ0v) is 9.71. The van der Waals surface area contributed by atoms with Gasteiger partial charge >= 0.3 is 0 Å². The first-order valence-corrected chi connectivity index (χ1v) is 5.53. The second kappa shape index (κ2) is 8.19. The molecule has 4 N–H and O–H groups in total. The van der Waals surface area contributed by atoms with Gasteiger partial charge in [0.05, 0.1) is 6.61 Å². The number of hydrogen-bond acceptors (Lipinski definition) is 3. The van der Waals surface area contributed by atoms with E-state index in [0.717, 1.165) is 11.4 Å². The summed E-state index contributed by atoms with van der Waals surface area (Å²) in [5, 5.41) is 11.5. The summed E-state index contributed by atoms with van der Waals surface area (Å²) in [6.45, 7) is 0.791. The largest absolute Gasteiger partial charge is 0.399 e. The lowest BCUT2D eigenvalue weighted by Gasteiger charge is -2.01. The molecule has 3 heteroatoms. The Balaban J connectivity index is 0.000000181. The van der Waals surface area contributed by atoms with E-state index in [2.05, 4.69) is 5.32 Å². The van der Waals surface area contributed by atoms with Gasteiger partial charge in [0.25, 0.3) is 0 Å². The fraction of sp³-hybridized carbons (Fsp3) is 0.143. The van der Waals surface area contributed by atoms with Crippen molar-refractivity contribution in [3.05, 3.63) is 60.7 Å². The molecule has 2 aromatic carbocycles. The summed E-state index contributed by atoms with van der Waals surface area (Å²) in [5.74, 6) is 0. The molecule has 0 bridgehead atoms. The Kier molecular flexibility index (Phi) is 6.29. The first-order chi connectivity index (χ1) is 8.33. The Morgan fingerprint density at radius 3 is 1.82 bits per heavy atom. The Hall–Kier alpha value is -2.00. The number of aliphatic hydroxyl groups is 1. The van der Waals surface area contributed by atoms with Gasteiger partial charge in [-0.25, -0.2) is 0 Å². The van der Waals surface area contributed by atoms with Crippen LogP contribution < -0.4 is 11.1 Å². The highest BCUT2D eigenvalue weighted by atomic mass is 16.3. The summed E-state index contributed by atoms with van der Waals surface area (Å²) in [5.41, 5.74) is 7.23. The zero-order valence-electron chi connectivity index (χ0n) is 9.71. The molecule has 0 radical (unpaired) electrons. The third kappa shape index (κ3) is 6.22. The molecule has 90 valence electrons. The fourth-order valence-electron chi connectivity index (χ4n) is 1.21. The summed E-state index contributed by atoms with van der Waals surface area (Å²) in [6, 6.07) is 19.3. The first kappa shape index (κ1) is 13.1. The van der Waals surface area contributed by atoms with Crippen LogP contribution in [0.25, 0.3) is 0 Å². The summed E-state index contributed by atoms with van der Waals surface area (Å²) in [6.07, 6.45) is 0. The number of nitrogens with one attached hydrogen (secondary N) is 1. The van der Waals surface area contributed by atoms with Crippen LogP contribution in [-0.4, -0.2) is 18.3 Å². The van der Waals surface area contributed by atoms with Crippen molar-refractivity contribution in [1.29, 1.82) is 0 Å². The smallest absolute Gasteiger partial charge is 0.0604 e. The van der Waals surface area contributed by atoms with Gasteiger partial charge in [0, 0.05) is 17.9 Å². The minimum absolute atomic E-state index is 0.175. The van der Waals surface area contributed by atoms with Crippen molar-refractivity contribution in [2.45, 2.75) is 0 Å². The van der Waals surface area contributed by atoms with Gasteiger partial charge < -0.3 is 16.2 Å². The number of nitrogen functional groups attached to an aromatic ring is 1. The van der Waals surface area contributed by atoms with Gasteiger partial charge in [-0.2, -0.15) is 0 Å². The Bertz CT molecular complexity index is 389. The molecule has 17 heavy (non-hydrogen) atoms. The highest BCUT2D eigenvalue weighted by Crippen LogP contribution is 2.03. The maximum Gasteiger partial charge on any atom is 0.0604 e. The molecular formula is C14H18N2O. The van der Waals surface area contributed by atoms with E-state index in [0.29, 0.717) is 6.54 Å². The molecule has 0 saturated heterocycles. The van der Waals surface area contributed by atoms with Crippen LogP contribution in [0.15, 0.2) is 60.7 Å². The van der Waals surface area contributed by atoms with Crippen LogP contribution in [0.1, 0.15) is 0 Å². The fourth-order valence-corrected chi connectivity index (χ4v) is 1.21. The Morgan fingerprint density at radius 1 is 0.882 bits per heavy atom. The van der Waals surface area contributed by atoms with Crippen LogP contribution in [0, 0.1) is 0 Å². The predicted octanol–water partition coefficient (Wildman–Crippen LogP) is 2.36. The van der Waals surface area contributed by atoms with Gasteiger partial charge in [-0.3, -0.25) is 0 Å². The van der Waals surface area contributed by atoms with E-state index in [1.165, 1.54) is 0 Å². The summed E-state index contributed by atoms with van der Waals surface area (Å²) < 4.78 is 0. The lowest BCUT2D eigenvalue weighted by atomic mass is 10.3. The molecule has 0 aliphatic carbocycles. The van der Waals surface area contributed by atoms with Gasteiger partial charge in [-0.15, -0.1) is 0 Å². The molecule has 0 aliphatic rings. The molecule has 2 aromatic rings. The predicted molar refractivity (Wildman–Crippen MR) is 72.9 cm³/mol. The first-order valence-electron chi connectivity index (χ1n) is 5.53.